The van der Waals surface area contributed by atoms with Crippen molar-refractivity contribution in [1.29, 1.82) is 0 Å². The fourth-order valence-electron chi connectivity index (χ4n) is 3.77. The van der Waals surface area contributed by atoms with Crippen molar-refractivity contribution in [1.82, 2.24) is 19.4 Å². The van der Waals surface area contributed by atoms with Crippen LogP contribution in [0, 0.1) is 0 Å². The maximum absolute atomic E-state index is 12.9. The van der Waals surface area contributed by atoms with Gasteiger partial charge in [0.05, 0.1) is 12.3 Å². The van der Waals surface area contributed by atoms with Gasteiger partial charge in [0.25, 0.3) is 5.91 Å². The first-order valence-corrected chi connectivity index (χ1v) is 10.6. The molecule has 1 aliphatic heterocycles. The molecule has 0 saturated carbocycles. The number of aromatic nitrogens is 2. The molecular formula is C21H26N4O2S. The minimum absolute atomic E-state index is 0.0352. The number of hydrogen-bond acceptors (Lipinski definition) is 5. The Hall–Kier alpha value is -2.22. The first-order valence-electron chi connectivity index (χ1n) is 9.76. The van der Waals surface area contributed by atoms with E-state index in [2.05, 4.69) is 46.7 Å². The van der Waals surface area contributed by atoms with E-state index in [1.807, 2.05) is 10.3 Å². The molecule has 1 fully saturated rings. The minimum Gasteiger partial charge on any atom is -0.383 e. The lowest BCUT2D eigenvalue weighted by atomic mass is 10.2. The van der Waals surface area contributed by atoms with Gasteiger partial charge in [-0.05, 0) is 19.1 Å². The normalized spacial score (nSPS) is 15.4. The van der Waals surface area contributed by atoms with E-state index in [4.69, 9.17) is 9.72 Å². The second kappa shape index (κ2) is 8.43. The van der Waals surface area contributed by atoms with E-state index in [1.165, 1.54) is 10.9 Å². The highest BCUT2D eigenvalue weighted by molar-refractivity contribution is 7.13. The third kappa shape index (κ3) is 3.70. The second-order valence-electron chi connectivity index (χ2n) is 7.00. The number of aryl methyl sites for hydroxylation is 1. The van der Waals surface area contributed by atoms with Crippen LogP contribution in [0.4, 0.5) is 0 Å². The predicted molar refractivity (Wildman–Crippen MR) is 113 cm³/mol. The summed E-state index contributed by atoms with van der Waals surface area (Å²) in [6, 6.07) is 10.5. The Morgan fingerprint density at radius 2 is 2.00 bits per heavy atom. The molecule has 148 valence electrons. The van der Waals surface area contributed by atoms with Gasteiger partial charge in [0.2, 0.25) is 0 Å². The van der Waals surface area contributed by atoms with Gasteiger partial charge in [-0.15, -0.1) is 11.3 Å². The molecule has 1 saturated heterocycles. The zero-order valence-electron chi connectivity index (χ0n) is 16.4. The number of carbonyl (C=O) groups is 1. The minimum atomic E-state index is 0.0352. The SMILES string of the molecule is CCn1c(-c2nc(C(=O)N3CCN(CCOC)CC3)cs2)cc2ccccc21. The molecule has 0 atom stereocenters. The summed E-state index contributed by atoms with van der Waals surface area (Å²) in [5.41, 5.74) is 2.84. The lowest BCUT2D eigenvalue weighted by Gasteiger charge is -2.34. The molecule has 4 rings (SSSR count). The summed E-state index contributed by atoms with van der Waals surface area (Å²) < 4.78 is 7.40. The summed E-state index contributed by atoms with van der Waals surface area (Å²) in [7, 11) is 1.72. The van der Waals surface area contributed by atoms with E-state index in [0.717, 1.165) is 56.6 Å². The van der Waals surface area contributed by atoms with Crippen LogP contribution in [0.3, 0.4) is 0 Å². The van der Waals surface area contributed by atoms with Gasteiger partial charge in [0.15, 0.2) is 0 Å². The van der Waals surface area contributed by atoms with Gasteiger partial charge in [0, 0.05) is 62.7 Å². The van der Waals surface area contributed by atoms with E-state index in [-0.39, 0.29) is 5.91 Å². The van der Waals surface area contributed by atoms with Crippen LogP contribution in [0.15, 0.2) is 35.7 Å². The van der Waals surface area contributed by atoms with Gasteiger partial charge in [-0.3, -0.25) is 9.69 Å². The van der Waals surface area contributed by atoms with Crippen molar-refractivity contribution >= 4 is 28.1 Å². The number of ether oxygens (including phenoxy) is 1. The molecule has 0 unspecified atom stereocenters. The van der Waals surface area contributed by atoms with Crippen molar-refractivity contribution in [3.8, 4) is 10.7 Å². The van der Waals surface area contributed by atoms with Gasteiger partial charge in [-0.1, -0.05) is 18.2 Å². The van der Waals surface area contributed by atoms with E-state index in [0.29, 0.717) is 5.69 Å². The number of hydrogen-bond donors (Lipinski definition) is 0. The summed E-state index contributed by atoms with van der Waals surface area (Å²) in [6.07, 6.45) is 0. The highest BCUT2D eigenvalue weighted by atomic mass is 32.1. The third-order valence-corrected chi connectivity index (χ3v) is 6.21. The number of carbonyl (C=O) groups excluding carboxylic acids is 1. The molecule has 0 bridgehead atoms. The summed E-state index contributed by atoms with van der Waals surface area (Å²) in [5, 5.41) is 4.00. The van der Waals surface area contributed by atoms with Crippen LogP contribution in [0.5, 0.6) is 0 Å². The van der Waals surface area contributed by atoms with Crippen LogP contribution in [0.2, 0.25) is 0 Å². The molecule has 6 nitrogen and oxygen atoms in total. The Kier molecular flexibility index (Phi) is 5.75. The fraction of sp³-hybridized carbons (Fsp3) is 0.429. The number of amides is 1. The summed E-state index contributed by atoms with van der Waals surface area (Å²) in [5.74, 6) is 0.0352. The molecule has 1 aliphatic rings. The molecule has 0 radical (unpaired) electrons. The van der Waals surface area contributed by atoms with E-state index in [1.54, 1.807) is 18.4 Å². The predicted octanol–water partition coefficient (Wildman–Crippen LogP) is 3.19. The van der Waals surface area contributed by atoms with Gasteiger partial charge in [0.1, 0.15) is 10.7 Å². The summed E-state index contributed by atoms with van der Waals surface area (Å²) in [6.45, 7) is 7.91. The molecule has 2 aromatic heterocycles. The molecule has 7 heteroatoms. The number of nitrogens with zero attached hydrogens (tertiary/aromatic N) is 4. The first kappa shape index (κ1) is 19.1. The molecular weight excluding hydrogens is 372 g/mol. The number of rotatable bonds is 6. The van der Waals surface area contributed by atoms with Crippen LogP contribution < -0.4 is 0 Å². The number of fused-ring (bicyclic) bond motifs is 1. The molecule has 3 aromatic rings. The highest BCUT2D eigenvalue weighted by Crippen LogP contribution is 2.30. The molecule has 0 N–H and O–H groups in total. The lowest BCUT2D eigenvalue weighted by Crippen LogP contribution is -2.49. The number of piperazine rings is 1. The maximum atomic E-state index is 12.9. The van der Waals surface area contributed by atoms with Crippen LogP contribution in [-0.4, -0.2) is 71.7 Å². The van der Waals surface area contributed by atoms with Gasteiger partial charge in [-0.2, -0.15) is 0 Å². The van der Waals surface area contributed by atoms with E-state index in [9.17, 15) is 4.79 Å². The average Bonchev–Trinajstić information content (AvgIpc) is 3.36. The zero-order valence-corrected chi connectivity index (χ0v) is 17.2. The quantitative estimate of drug-likeness (QED) is 0.640. The lowest BCUT2D eigenvalue weighted by molar-refractivity contribution is 0.0589. The van der Waals surface area contributed by atoms with Crippen LogP contribution >= 0.6 is 11.3 Å². The van der Waals surface area contributed by atoms with Crippen LogP contribution in [0.25, 0.3) is 21.6 Å². The van der Waals surface area contributed by atoms with E-state index < -0.39 is 0 Å². The molecule has 0 spiro atoms. The third-order valence-electron chi connectivity index (χ3n) is 5.34. The van der Waals surface area contributed by atoms with Crippen molar-refractivity contribution in [2.45, 2.75) is 13.5 Å². The van der Waals surface area contributed by atoms with Crippen LogP contribution in [-0.2, 0) is 11.3 Å². The van der Waals surface area contributed by atoms with Gasteiger partial charge in [-0.25, -0.2) is 4.98 Å². The van der Waals surface area contributed by atoms with Crippen molar-refractivity contribution in [3.63, 3.8) is 0 Å². The average molecular weight is 399 g/mol. The Morgan fingerprint density at radius 3 is 2.75 bits per heavy atom. The Balaban J connectivity index is 1.50. The highest BCUT2D eigenvalue weighted by Gasteiger charge is 2.24. The molecule has 3 heterocycles. The Bertz CT molecular complexity index is 956. The second-order valence-corrected chi connectivity index (χ2v) is 7.86. The standard InChI is InChI=1S/C21H26N4O2S/c1-3-25-18-7-5-4-6-16(18)14-19(25)20-22-17(15-28-20)21(26)24-10-8-23(9-11-24)12-13-27-2/h4-7,14-15H,3,8-13H2,1-2H3. The summed E-state index contributed by atoms with van der Waals surface area (Å²) >= 11 is 1.55. The van der Waals surface area contributed by atoms with Crippen LogP contribution in [0.1, 0.15) is 17.4 Å². The number of para-hydroxylation sites is 1. The van der Waals surface area contributed by atoms with Gasteiger partial charge < -0.3 is 14.2 Å². The monoisotopic (exact) mass is 398 g/mol. The summed E-state index contributed by atoms with van der Waals surface area (Å²) in [4.78, 5) is 21.9. The topological polar surface area (TPSA) is 50.6 Å². The molecule has 1 aromatic carbocycles. The zero-order chi connectivity index (χ0) is 19.5. The maximum Gasteiger partial charge on any atom is 0.273 e. The molecule has 0 aliphatic carbocycles. The number of benzene rings is 1. The van der Waals surface area contributed by atoms with Crippen molar-refractivity contribution in [2.75, 3.05) is 46.4 Å². The van der Waals surface area contributed by atoms with Crippen molar-refractivity contribution in [3.05, 3.63) is 41.4 Å². The Labute approximate surface area is 169 Å². The molecule has 28 heavy (non-hydrogen) atoms. The Morgan fingerprint density at radius 1 is 1.21 bits per heavy atom. The number of methoxy groups -OCH3 is 1. The van der Waals surface area contributed by atoms with Crippen molar-refractivity contribution < 1.29 is 9.53 Å². The van der Waals surface area contributed by atoms with Crippen molar-refractivity contribution in [2.24, 2.45) is 0 Å². The largest absolute Gasteiger partial charge is 0.383 e. The van der Waals surface area contributed by atoms with Gasteiger partial charge >= 0.3 is 0 Å². The van der Waals surface area contributed by atoms with E-state index >= 15 is 0 Å². The molecule has 1 amide bonds. The smallest absolute Gasteiger partial charge is 0.273 e. The number of thiazole rings is 1. The fourth-order valence-corrected chi connectivity index (χ4v) is 4.59. The first-order chi connectivity index (χ1) is 13.7.